The van der Waals surface area contributed by atoms with E-state index in [2.05, 4.69) is 6.58 Å². The van der Waals surface area contributed by atoms with Crippen molar-refractivity contribution in [1.82, 2.24) is 0 Å². The van der Waals surface area contributed by atoms with Gasteiger partial charge in [-0.15, -0.1) is 0 Å². The van der Waals surface area contributed by atoms with E-state index < -0.39 is 29.1 Å². The maximum absolute atomic E-state index is 12.5. The quantitative estimate of drug-likeness (QED) is 0.420. The summed E-state index contributed by atoms with van der Waals surface area (Å²) in [6.45, 7) is 7.57. The molecular weight excluding hydrogens is 392 g/mol. The molecule has 0 aliphatic carbocycles. The highest BCUT2D eigenvalue weighted by Gasteiger charge is 2.72. The molecule has 4 heterocycles. The van der Waals surface area contributed by atoms with Gasteiger partial charge in [-0.2, -0.15) is 0 Å². The molecule has 0 aromatic rings. The summed E-state index contributed by atoms with van der Waals surface area (Å²) in [6, 6.07) is 0. The summed E-state index contributed by atoms with van der Waals surface area (Å²) in [5, 5.41) is 11.0. The van der Waals surface area contributed by atoms with E-state index >= 15 is 0 Å². The molecule has 0 unspecified atom stereocenters. The van der Waals surface area contributed by atoms with Gasteiger partial charge in [0.1, 0.15) is 23.5 Å². The SMILES string of the molecule is C=C(C)[C@H]1CC[C@]23O[C@H]2[C@@H](C[C@](C)(O)/C=C2/C=C(C(=O)OC)[C@](OC)(C1)O2)OC3=O. The van der Waals surface area contributed by atoms with Crippen LogP contribution in [-0.4, -0.2) is 60.5 Å². The van der Waals surface area contributed by atoms with Crippen molar-refractivity contribution in [2.75, 3.05) is 14.2 Å². The molecule has 8 heteroatoms. The molecule has 0 amide bonds. The number of hydrogen-bond acceptors (Lipinski definition) is 8. The zero-order chi connectivity index (χ0) is 21.9. The number of epoxide rings is 1. The number of fused-ring (bicyclic) bond motifs is 2. The molecule has 2 fully saturated rings. The lowest BCUT2D eigenvalue weighted by Gasteiger charge is -2.33. The Morgan fingerprint density at radius 3 is 2.67 bits per heavy atom. The fraction of sp³-hybridized carbons (Fsp3) is 0.636. The van der Waals surface area contributed by atoms with E-state index in [9.17, 15) is 14.7 Å². The normalized spacial score (nSPS) is 44.0. The number of hydrogen-bond donors (Lipinski definition) is 1. The maximum atomic E-state index is 12.5. The third-order valence-electron chi connectivity index (χ3n) is 6.54. The third kappa shape index (κ3) is 3.27. The van der Waals surface area contributed by atoms with Gasteiger partial charge in [-0.25, -0.2) is 9.59 Å². The lowest BCUT2D eigenvalue weighted by atomic mass is 9.83. The molecular formula is C22H28O8. The van der Waals surface area contributed by atoms with Crippen LogP contribution in [0.4, 0.5) is 0 Å². The predicted octanol–water partition coefficient (Wildman–Crippen LogP) is 1.92. The van der Waals surface area contributed by atoms with Crippen LogP contribution < -0.4 is 0 Å². The van der Waals surface area contributed by atoms with Crippen LogP contribution in [0.25, 0.3) is 0 Å². The van der Waals surface area contributed by atoms with E-state index in [1.165, 1.54) is 26.4 Å². The van der Waals surface area contributed by atoms with Crippen LogP contribution in [0.15, 0.2) is 35.6 Å². The zero-order valence-electron chi connectivity index (χ0n) is 17.7. The van der Waals surface area contributed by atoms with Crippen molar-refractivity contribution in [1.29, 1.82) is 0 Å². The van der Waals surface area contributed by atoms with Gasteiger partial charge in [0.2, 0.25) is 5.79 Å². The van der Waals surface area contributed by atoms with Gasteiger partial charge in [-0.05, 0) is 44.8 Å². The molecule has 2 saturated heterocycles. The first-order valence-corrected chi connectivity index (χ1v) is 10.1. The highest BCUT2D eigenvalue weighted by atomic mass is 16.7. The molecule has 0 aromatic carbocycles. The van der Waals surface area contributed by atoms with E-state index in [-0.39, 0.29) is 35.7 Å². The summed E-state index contributed by atoms with van der Waals surface area (Å²) in [5.41, 5.74) is -1.25. The number of carbonyl (C=O) groups excluding carboxylic acids is 2. The molecule has 8 nitrogen and oxygen atoms in total. The van der Waals surface area contributed by atoms with Crippen LogP contribution in [0.1, 0.15) is 39.5 Å². The zero-order valence-corrected chi connectivity index (χ0v) is 17.7. The first kappa shape index (κ1) is 21.1. The van der Waals surface area contributed by atoms with Crippen LogP contribution in [-0.2, 0) is 33.3 Å². The maximum Gasteiger partial charge on any atom is 0.341 e. The first-order valence-electron chi connectivity index (χ1n) is 10.1. The second-order valence-electron chi connectivity index (χ2n) is 8.87. The Morgan fingerprint density at radius 1 is 1.33 bits per heavy atom. The standard InChI is InChI=1S/C22H28O8/c1-12(2)13-6-7-21-17(30-21)16(28-19(21)24)11-20(3,25)10-14-8-15(18(23)26-4)22(9-13,27-5)29-14/h8,10,13,16-17,25H,1,6-7,9,11H2,2-5H3/b14-10-/t13-,16+,17-,20+,21-,22-/m0/s1. The summed E-state index contributed by atoms with van der Waals surface area (Å²) < 4.78 is 28.1. The van der Waals surface area contributed by atoms with Crippen molar-refractivity contribution in [2.45, 2.75) is 68.7 Å². The third-order valence-corrected chi connectivity index (χ3v) is 6.54. The average Bonchev–Trinajstić information content (AvgIpc) is 3.24. The Hall–Kier alpha value is -2.16. The largest absolute Gasteiger partial charge is 0.465 e. The second-order valence-corrected chi connectivity index (χ2v) is 8.87. The molecule has 4 aliphatic rings. The van der Waals surface area contributed by atoms with Crippen molar-refractivity contribution < 1.29 is 38.4 Å². The van der Waals surface area contributed by atoms with Crippen molar-refractivity contribution >= 4 is 11.9 Å². The molecule has 4 aliphatic heterocycles. The lowest BCUT2D eigenvalue weighted by molar-refractivity contribution is -0.179. The Morgan fingerprint density at radius 2 is 2.07 bits per heavy atom. The molecule has 30 heavy (non-hydrogen) atoms. The van der Waals surface area contributed by atoms with E-state index in [1.807, 2.05) is 6.92 Å². The van der Waals surface area contributed by atoms with Crippen molar-refractivity contribution in [3.05, 3.63) is 35.6 Å². The Balaban J connectivity index is 1.77. The van der Waals surface area contributed by atoms with Gasteiger partial charge >= 0.3 is 11.9 Å². The van der Waals surface area contributed by atoms with Gasteiger partial charge in [0.25, 0.3) is 0 Å². The number of esters is 2. The number of allylic oxidation sites excluding steroid dienone is 2. The average molecular weight is 420 g/mol. The number of aliphatic hydroxyl groups is 1. The summed E-state index contributed by atoms with van der Waals surface area (Å²) in [7, 11) is 2.75. The smallest absolute Gasteiger partial charge is 0.341 e. The lowest BCUT2D eigenvalue weighted by Crippen LogP contribution is -2.39. The minimum atomic E-state index is -1.38. The highest BCUT2D eigenvalue weighted by molar-refractivity contribution is 5.91. The number of carbonyl (C=O) groups is 2. The van der Waals surface area contributed by atoms with Gasteiger partial charge < -0.3 is 28.8 Å². The fourth-order valence-corrected chi connectivity index (χ4v) is 4.80. The van der Waals surface area contributed by atoms with E-state index in [4.69, 9.17) is 23.7 Å². The Labute approximate surface area is 175 Å². The van der Waals surface area contributed by atoms with Gasteiger partial charge in [0, 0.05) is 20.0 Å². The number of methoxy groups -OCH3 is 2. The summed E-state index contributed by atoms with van der Waals surface area (Å²) in [4.78, 5) is 25.0. The molecule has 6 atom stereocenters. The number of rotatable bonds is 3. The Bertz CT molecular complexity index is 855. The molecule has 0 spiro atoms. The van der Waals surface area contributed by atoms with Crippen molar-refractivity contribution in [2.24, 2.45) is 5.92 Å². The van der Waals surface area contributed by atoms with Gasteiger partial charge in [0.15, 0.2) is 5.60 Å². The van der Waals surface area contributed by atoms with Crippen LogP contribution in [0.2, 0.25) is 0 Å². The molecule has 1 N–H and O–H groups in total. The molecule has 0 radical (unpaired) electrons. The molecule has 4 rings (SSSR count). The van der Waals surface area contributed by atoms with Gasteiger partial charge in [-0.1, -0.05) is 12.2 Å². The van der Waals surface area contributed by atoms with Crippen LogP contribution in [0.3, 0.4) is 0 Å². The van der Waals surface area contributed by atoms with E-state index in [0.29, 0.717) is 19.3 Å². The van der Waals surface area contributed by atoms with Crippen molar-refractivity contribution in [3.63, 3.8) is 0 Å². The van der Waals surface area contributed by atoms with Crippen LogP contribution >= 0.6 is 0 Å². The van der Waals surface area contributed by atoms with Gasteiger partial charge in [-0.3, -0.25) is 0 Å². The molecule has 0 saturated carbocycles. The van der Waals surface area contributed by atoms with E-state index in [0.717, 1.165) is 5.57 Å². The second kappa shape index (κ2) is 6.93. The van der Waals surface area contributed by atoms with Gasteiger partial charge in [0.05, 0.1) is 12.7 Å². The predicted molar refractivity (Wildman–Crippen MR) is 104 cm³/mol. The highest BCUT2D eigenvalue weighted by Crippen LogP contribution is 2.53. The minimum absolute atomic E-state index is 0.121. The number of ether oxygens (including phenoxy) is 5. The Kier molecular flexibility index (Phi) is 4.87. The van der Waals surface area contributed by atoms with Crippen LogP contribution in [0.5, 0.6) is 0 Å². The topological polar surface area (TPSA) is 104 Å². The van der Waals surface area contributed by atoms with E-state index in [1.54, 1.807) is 6.92 Å². The fourth-order valence-electron chi connectivity index (χ4n) is 4.80. The summed E-state index contributed by atoms with van der Waals surface area (Å²) >= 11 is 0. The molecule has 0 aromatic heterocycles. The van der Waals surface area contributed by atoms with Crippen LogP contribution in [0, 0.1) is 5.92 Å². The van der Waals surface area contributed by atoms with Crippen molar-refractivity contribution in [3.8, 4) is 0 Å². The summed E-state index contributed by atoms with van der Waals surface area (Å²) in [5.74, 6) is -2.17. The monoisotopic (exact) mass is 420 g/mol. The summed E-state index contributed by atoms with van der Waals surface area (Å²) in [6.07, 6.45) is 3.57. The first-order chi connectivity index (χ1) is 14.1. The molecule has 164 valence electrons. The minimum Gasteiger partial charge on any atom is -0.465 e. The molecule has 4 bridgehead atoms.